The summed E-state index contributed by atoms with van der Waals surface area (Å²) in [4.78, 5) is 6.00. The molecule has 0 atom stereocenters. The molecule has 0 aliphatic carbocycles. The first-order valence-electron chi connectivity index (χ1n) is 11.0. The van der Waals surface area contributed by atoms with Gasteiger partial charge in [0.2, 0.25) is 0 Å². The van der Waals surface area contributed by atoms with Crippen molar-refractivity contribution in [3.8, 4) is 0 Å². The first kappa shape index (κ1) is 27.7. The van der Waals surface area contributed by atoms with Crippen molar-refractivity contribution in [2.75, 3.05) is 38.6 Å². The monoisotopic (exact) mass is 560 g/mol. The van der Waals surface area contributed by atoms with Gasteiger partial charge in [0, 0.05) is 56.5 Å². The fourth-order valence-electron chi connectivity index (χ4n) is 2.77. The number of guanidine groups is 1. The Morgan fingerprint density at radius 3 is 2.65 bits per heavy atom. The summed E-state index contributed by atoms with van der Waals surface area (Å²) >= 11 is 1.84. The van der Waals surface area contributed by atoms with Gasteiger partial charge in [-0.25, -0.2) is 0 Å². The maximum atomic E-state index is 5.63. The Morgan fingerprint density at radius 2 is 1.87 bits per heavy atom. The summed E-state index contributed by atoms with van der Waals surface area (Å²) in [5, 5.41) is 15.0. The summed E-state index contributed by atoms with van der Waals surface area (Å²) in [6, 6.07) is 10.5. The number of unbranched alkanes of at least 4 members (excludes halogenated alkanes) is 1. The van der Waals surface area contributed by atoms with Gasteiger partial charge in [0.25, 0.3) is 0 Å². The second-order valence-electron chi connectivity index (χ2n) is 6.86. The molecule has 1 aromatic heterocycles. The van der Waals surface area contributed by atoms with Crippen LogP contribution in [0.2, 0.25) is 0 Å². The first-order chi connectivity index (χ1) is 14.8. The average molecular weight is 561 g/mol. The van der Waals surface area contributed by atoms with Crippen LogP contribution in [0.1, 0.15) is 38.9 Å². The number of hydrogen-bond acceptors (Lipinski definition) is 5. The molecule has 174 valence electrons. The van der Waals surface area contributed by atoms with E-state index in [4.69, 9.17) is 9.73 Å². The highest BCUT2D eigenvalue weighted by atomic mass is 127. The molecule has 0 fully saturated rings. The summed E-state index contributed by atoms with van der Waals surface area (Å²) in [5.41, 5.74) is 0. The molecular weight excluding hydrogens is 523 g/mol. The molecule has 0 amide bonds. The van der Waals surface area contributed by atoms with Crippen LogP contribution in [0.5, 0.6) is 0 Å². The fraction of sp³-hybridized carbons (Fsp3) is 0.591. The van der Waals surface area contributed by atoms with Gasteiger partial charge in [-0.15, -0.1) is 45.9 Å². The molecule has 0 unspecified atom stereocenters. The van der Waals surface area contributed by atoms with Crippen molar-refractivity contribution in [2.24, 2.45) is 4.99 Å². The quantitative estimate of drug-likeness (QED) is 0.113. The summed E-state index contributed by atoms with van der Waals surface area (Å²) in [5.74, 6) is 2.84. The van der Waals surface area contributed by atoms with E-state index in [1.165, 1.54) is 11.3 Å². The average Bonchev–Trinajstić information content (AvgIpc) is 3.23. The molecule has 1 heterocycles. The van der Waals surface area contributed by atoms with Crippen molar-refractivity contribution in [2.45, 2.75) is 51.0 Å². The van der Waals surface area contributed by atoms with E-state index in [2.05, 4.69) is 63.5 Å². The Labute approximate surface area is 208 Å². The van der Waals surface area contributed by atoms with Crippen LogP contribution >= 0.6 is 35.7 Å². The van der Waals surface area contributed by atoms with Gasteiger partial charge in [0.15, 0.2) is 5.96 Å². The normalized spacial score (nSPS) is 11.2. The zero-order valence-corrected chi connectivity index (χ0v) is 21.9. The largest absolute Gasteiger partial charge is 0.381 e. The lowest BCUT2D eigenvalue weighted by atomic mass is 10.4. The fourth-order valence-corrected chi connectivity index (χ4v) is 3.56. The Kier molecular flexibility index (Phi) is 16.3. The maximum Gasteiger partial charge on any atom is 0.191 e. The molecular formula is C22H37IN6OS. The number of aliphatic imine (C=N–C) groups is 1. The van der Waals surface area contributed by atoms with Gasteiger partial charge in [-0.1, -0.05) is 38.5 Å². The third kappa shape index (κ3) is 12.3. The number of rotatable bonds is 15. The first-order valence-corrected chi connectivity index (χ1v) is 12.0. The molecule has 9 heteroatoms. The lowest BCUT2D eigenvalue weighted by Crippen LogP contribution is -2.40. The number of nitrogens with one attached hydrogen (secondary N) is 2. The van der Waals surface area contributed by atoms with Gasteiger partial charge in [0.05, 0.1) is 0 Å². The van der Waals surface area contributed by atoms with E-state index in [-0.39, 0.29) is 24.0 Å². The summed E-state index contributed by atoms with van der Waals surface area (Å²) in [6.07, 6.45) is 5.90. The molecule has 2 rings (SSSR count). The highest BCUT2D eigenvalue weighted by Gasteiger charge is 2.03. The molecule has 7 nitrogen and oxygen atoms in total. The van der Waals surface area contributed by atoms with E-state index in [9.17, 15) is 0 Å². The lowest BCUT2D eigenvalue weighted by Gasteiger charge is -2.13. The Bertz CT molecular complexity index is 713. The smallest absolute Gasteiger partial charge is 0.191 e. The van der Waals surface area contributed by atoms with Gasteiger partial charge in [-0.2, -0.15) is 0 Å². The molecule has 0 saturated carbocycles. The number of nitrogens with zero attached hydrogens (tertiary/aromatic N) is 4. The molecule has 1 aromatic carbocycles. The van der Waals surface area contributed by atoms with Crippen molar-refractivity contribution in [1.29, 1.82) is 0 Å². The number of benzene rings is 1. The number of aryl methyl sites for hydroxylation is 1. The number of halogens is 1. The Balaban J connectivity index is 0.00000480. The SMILES string of the molecule is CCCCOCCCN=C(NCCSc1ccccc1)NCCn1cnnc1CC.I. The third-order valence-electron chi connectivity index (χ3n) is 4.42. The van der Waals surface area contributed by atoms with Crippen molar-refractivity contribution < 1.29 is 4.74 Å². The minimum absolute atomic E-state index is 0. The lowest BCUT2D eigenvalue weighted by molar-refractivity contribution is 0.130. The molecule has 0 aliphatic heterocycles. The van der Waals surface area contributed by atoms with Crippen LogP contribution in [-0.2, 0) is 17.7 Å². The Morgan fingerprint density at radius 1 is 1.10 bits per heavy atom. The van der Waals surface area contributed by atoms with E-state index in [1.54, 1.807) is 6.33 Å². The number of aromatic nitrogens is 3. The van der Waals surface area contributed by atoms with Crippen LogP contribution in [0.4, 0.5) is 0 Å². The van der Waals surface area contributed by atoms with Gasteiger partial charge in [0.1, 0.15) is 12.2 Å². The van der Waals surface area contributed by atoms with Crippen LogP contribution in [0, 0.1) is 0 Å². The molecule has 0 aliphatic rings. The molecule has 31 heavy (non-hydrogen) atoms. The van der Waals surface area contributed by atoms with Crippen LogP contribution in [0.3, 0.4) is 0 Å². The predicted octanol–water partition coefficient (Wildman–Crippen LogP) is 3.99. The standard InChI is InChI=1S/C22H36N6OS.HI/c1-3-5-16-29-17-9-12-23-22(24-13-15-28-19-26-27-21(28)4-2)25-14-18-30-20-10-7-6-8-11-20;/h6-8,10-11,19H,3-5,9,12-18H2,1-2H3,(H2,23,24,25);1H. The summed E-state index contributed by atoms with van der Waals surface area (Å²) in [6.45, 7) is 9.07. The molecule has 0 spiro atoms. The minimum Gasteiger partial charge on any atom is -0.381 e. The zero-order valence-electron chi connectivity index (χ0n) is 18.8. The van der Waals surface area contributed by atoms with Gasteiger partial charge < -0.3 is 19.9 Å². The van der Waals surface area contributed by atoms with E-state index in [0.29, 0.717) is 0 Å². The summed E-state index contributed by atoms with van der Waals surface area (Å²) < 4.78 is 7.71. The minimum atomic E-state index is 0. The maximum absolute atomic E-state index is 5.63. The van der Waals surface area contributed by atoms with Crippen molar-refractivity contribution in [3.63, 3.8) is 0 Å². The van der Waals surface area contributed by atoms with Gasteiger partial charge in [-0.3, -0.25) is 4.99 Å². The molecule has 0 radical (unpaired) electrons. The van der Waals surface area contributed by atoms with Crippen LogP contribution < -0.4 is 10.6 Å². The second-order valence-corrected chi connectivity index (χ2v) is 8.03. The molecule has 2 aromatic rings. The predicted molar refractivity (Wildman–Crippen MR) is 141 cm³/mol. The third-order valence-corrected chi connectivity index (χ3v) is 5.44. The number of thioether (sulfide) groups is 1. The van der Waals surface area contributed by atoms with E-state index >= 15 is 0 Å². The van der Waals surface area contributed by atoms with Gasteiger partial charge >= 0.3 is 0 Å². The topological polar surface area (TPSA) is 76.4 Å². The Hall–Kier alpha value is -1.33. The number of ether oxygens (including phenoxy) is 1. The highest BCUT2D eigenvalue weighted by molar-refractivity contribution is 14.0. The van der Waals surface area contributed by atoms with Crippen molar-refractivity contribution >= 4 is 41.7 Å². The van der Waals surface area contributed by atoms with E-state index in [1.807, 2.05) is 17.8 Å². The van der Waals surface area contributed by atoms with Gasteiger partial charge in [-0.05, 0) is 25.0 Å². The van der Waals surface area contributed by atoms with Crippen LogP contribution in [0.25, 0.3) is 0 Å². The molecule has 0 bridgehead atoms. The molecule has 2 N–H and O–H groups in total. The molecule has 0 saturated heterocycles. The van der Waals surface area contributed by atoms with Crippen LogP contribution in [0.15, 0.2) is 46.5 Å². The van der Waals surface area contributed by atoms with E-state index < -0.39 is 0 Å². The van der Waals surface area contributed by atoms with Crippen LogP contribution in [-0.4, -0.2) is 59.3 Å². The zero-order chi connectivity index (χ0) is 21.3. The second kappa shape index (κ2) is 18.3. The van der Waals surface area contributed by atoms with Crippen molar-refractivity contribution in [3.05, 3.63) is 42.5 Å². The highest BCUT2D eigenvalue weighted by Crippen LogP contribution is 2.15. The van der Waals surface area contributed by atoms with E-state index in [0.717, 1.165) is 76.2 Å². The van der Waals surface area contributed by atoms with Crippen molar-refractivity contribution in [1.82, 2.24) is 25.4 Å². The number of hydrogen-bond donors (Lipinski definition) is 2. The summed E-state index contributed by atoms with van der Waals surface area (Å²) in [7, 11) is 0.